The van der Waals surface area contributed by atoms with E-state index in [2.05, 4.69) is 136 Å². The Balaban J connectivity index is 1.04. The molecular weight excluding hydrogens is 683 g/mol. The monoisotopic (exact) mass is 713 g/mol. The highest BCUT2D eigenvalue weighted by molar-refractivity contribution is 6.26. The van der Waals surface area contributed by atoms with E-state index in [9.17, 15) is 0 Å². The second-order valence-corrected chi connectivity index (χ2v) is 14.4. The fraction of sp³-hybridized carbons (Fsp3) is 0. The summed E-state index contributed by atoms with van der Waals surface area (Å²) in [6.07, 6.45) is 0. The lowest BCUT2D eigenvalue weighted by Crippen LogP contribution is -2.01. The van der Waals surface area contributed by atoms with Gasteiger partial charge in [0.2, 0.25) is 0 Å². The van der Waals surface area contributed by atoms with Crippen molar-refractivity contribution in [3.63, 3.8) is 0 Å². The predicted molar refractivity (Wildman–Crippen MR) is 231 cm³/mol. The van der Waals surface area contributed by atoms with Gasteiger partial charge in [0.05, 0.1) is 27.6 Å². The molecule has 4 heterocycles. The lowest BCUT2D eigenvalue weighted by Gasteiger charge is -2.12. The van der Waals surface area contributed by atoms with Crippen LogP contribution >= 0.6 is 0 Å². The third kappa shape index (κ3) is 4.52. The first-order valence-electron chi connectivity index (χ1n) is 19.0. The number of aromatic nitrogens is 5. The molecule has 0 bridgehead atoms. The molecule has 12 aromatic rings. The highest BCUT2D eigenvalue weighted by Crippen LogP contribution is 2.44. The molecule has 0 aliphatic rings. The molecule has 260 valence electrons. The summed E-state index contributed by atoms with van der Waals surface area (Å²) in [5.41, 5.74) is 12.4. The normalized spacial score (nSPS) is 11.9. The van der Waals surface area contributed by atoms with Gasteiger partial charge in [-0.25, -0.2) is 15.0 Å². The van der Waals surface area contributed by atoms with E-state index < -0.39 is 0 Å². The first-order valence-corrected chi connectivity index (χ1v) is 19.0. The Hall–Kier alpha value is -7.63. The molecule has 0 aliphatic heterocycles. The SMILES string of the molecule is c1ccc(-c2nc(-c3ccccc3)nc(-c3cccc(-n4c5ccccc5c5cc(-c6cccc7c6c6cccc8c9ccccc9n7c86)ccc54)c3)n2)cc1. The zero-order valence-electron chi connectivity index (χ0n) is 30.1. The van der Waals surface area contributed by atoms with Crippen molar-refractivity contribution in [2.75, 3.05) is 0 Å². The number of benzene rings is 8. The van der Waals surface area contributed by atoms with Gasteiger partial charge in [0.15, 0.2) is 17.5 Å². The zero-order chi connectivity index (χ0) is 36.7. The van der Waals surface area contributed by atoms with Gasteiger partial charge < -0.3 is 8.97 Å². The van der Waals surface area contributed by atoms with Crippen LogP contribution in [0.3, 0.4) is 0 Å². The number of nitrogens with zero attached hydrogens (tertiary/aromatic N) is 5. The van der Waals surface area contributed by atoms with Crippen molar-refractivity contribution in [1.82, 2.24) is 23.9 Å². The second-order valence-electron chi connectivity index (χ2n) is 14.4. The minimum absolute atomic E-state index is 0.633. The zero-order valence-corrected chi connectivity index (χ0v) is 30.1. The van der Waals surface area contributed by atoms with Crippen molar-refractivity contribution in [2.45, 2.75) is 0 Å². The van der Waals surface area contributed by atoms with E-state index in [-0.39, 0.29) is 0 Å². The van der Waals surface area contributed by atoms with E-state index in [1.165, 1.54) is 60.0 Å². The Labute approximate surface area is 321 Å². The Morgan fingerprint density at radius 2 is 0.857 bits per heavy atom. The Bertz CT molecular complexity index is 3410. The van der Waals surface area contributed by atoms with Crippen LogP contribution in [0.15, 0.2) is 188 Å². The molecule has 0 spiro atoms. The summed E-state index contributed by atoms with van der Waals surface area (Å²) in [7, 11) is 0. The fourth-order valence-electron chi connectivity index (χ4n) is 8.86. The van der Waals surface area contributed by atoms with Crippen LogP contribution in [0.1, 0.15) is 0 Å². The van der Waals surface area contributed by atoms with Crippen molar-refractivity contribution < 1.29 is 0 Å². The number of hydrogen-bond acceptors (Lipinski definition) is 3. The van der Waals surface area contributed by atoms with E-state index in [4.69, 9.17) is 15.0 Å². The maximum Gasteiger partial charge on any atom is 0.164 e. The average Bonchev–Trinajstić information content (AvgIpc) is 3.92. The molecule has 0 aliphatic carbocycles. The molecule has 0 amide bonds. The molecule has 0 saturated carbocycles. The van der Waals surface area contributed by atoms with Crippen LogP contribution in [0.25, 0.3) is 111 Å². The minimum Gasteiger partial charge on any atom is -0.309 e. The third-order valence-electron chi connectivity index (χ3n) is 11.3. The molecule has 0 unspecified atom stereocenters. The molecule has 5 heteroatoms. The molecule has 0 N–H and O–H groups in total. The van der Waals surface area contributed by atoms with Crippen molar-refractivity contribution in [3.8, 4) is 51.0 Å². The molecule has 12 rings (SSSR count). The fourth-order valence-corrected chi connectivity index (χ4v) is 8.86. The molecule has 56 heavy (non-hydrogen) atoms. The molecule has 0 fully saturated rings. The van der Waals surface area contributed by atoms with Gasteiger partial charge in [0, 0.05) is 54.7 Å². The summed E-state index contributed by atoms with van der Waals surface area (Å²) in [6, 6.07) is 66.7. The Morgan fingerprint density at radius 3 is 1.61 bits per heavy atom. The standard InChI is InChI=1S/C51H31N5/c1-3-14-32(15-4-1)49-52-50(33-16-5-2-6-17-33)54-51(53-49)35-18-11-19-36(30-35)55-43-25-9-8-21-39(43)42-31-34(28-29-45(42)55)37-22-13-27-46-47(37)41-24-12-23-40-38-20-7-10-26-44(38)56(46)48(40)41/h1-31H. The van der Waals surface area contributed by atoms with Crippen LogP contribution in [-0.4, -0.2) is 23.9 Å². The topological polar surface area (TPSA) is 48.0 Å². The van der Waals surface area contributed by atoms with Crippen LogP contribution in [0.2, 0.25) is 0 Å². The van der Waals surface area contributed by atoms with Gasteiger partial charge in [-0.05, 0) is 53.6 Å². The smallest absolute Gasteiger partial charge is 0.164 e. The van der Waals surface area contributed by atoms with Gasteiger partial charge in [-0.2, -0.15) is 0 Å². The van der Waals surface area contributed by atoms with Gasteiger partial charge in [0.1, 0.15) is 0 Å². The van der Waals surface area contributed by atoms with E-state index >= 15 is 0 Å². The molecule has 4 aromatic heterocycles. The van der Waals surface area contributed by atoms with Gasteiger partial charge in [0.25, 0.3) is 0 Å². The first-order chi connectivity index (χ1) is 27.8. The van der Waals surface area contributed by atoms with E-state index in [1.54, 1.807) is 0 Å². The van der Waals surface area contributed by atoms with Crippen LogP contribution < -0.4 is 0 Å². The number of fused-ring (bicyclic) bond motifs is 9. The Kier molecular flexibility index (Phi) is 6.56. The van der Waals surface area contributed by atoms with E-state index in [0.29, 0.717) is 17.5 Å². The molecule has 0 radical (unpaired) electrons. The summed E-state index contributed by atoms with van der Waals surface area (Å²) in [4.78, 5) is 15.0. The maximum absolute atomic E-state index is 5.03. The van der Waals surface area contributed by atoms with Gasteiger partial charge >= 0.3 is 0 Å². The number of rotatable bonds is 5. The second kappa shape index (κ2) is 11.9. The molecule has 8 aromatic carbocycles. The maximum atomic E-state index is 5.03. The largest absolute Gasteiger partial charge is 0.309 e. The predicted octanol–water partition coefficient (Wildman–Crippen LogP) is 12.8. The van der Waals surface area contributed by atoms with Crippen molar-refractivity contribution in [1.29, 1.82) is 0 Å². The molecule has 0 saturated heterocycles. The number of hydrogen-bond donors (Lipinski definition) is 0. The lowest BCUT2D eigenvalue weighted by molar-refractivity contribution is 1.07. The average molecular weight is 714 g/mol. The molecule has 0 atom stereocenters. The van der Waals surface area contributed by atoms with Gasteiger partial charge in [-0.15, -0.1) is 0 Å². The minimum atomic E-state index is 0.633. The van der Waals surface area contributed by atoms with Crippen molar-refractivity contribution in [3.05, 3.63) is 188 Å². The third-order valence-corrected chi connectivity index (χ3v) is 11.3. The van der Waals surface area contributed by atoms with E-state index in [0.717, 1.165) is 33.4 Å². The van der Waals surface area contributed by atoms with Crippen molar-refractivity contribution >= 4 is 59.9 Å². The highest BCUT2D eigenvalue weighted by Gasteiger charge is 2.21. The summed E-state index contributed by atoms with van der Waals surface area (Å²) in [6.45, 7) is 0. The molecular formula is C51H31N5. The van der Waals surface area contributed by atoms with Crippen LogP contribution in [-0.2, 0) is 0 Å². The number of para-hydroxylation sites is 3. The van der Waals surface area contributed by atoms with Gasteiger partial charge in [-0.1, -0.05) is 146 Å². The van der Waals surface area contributed by atoms with Crippen LogP contribution in [0.5, 0.6) is 0 Å². The lowest BCUT2D eigenvalue weighted by atomic mass is 9.97. The summed E-state index contributed by atoms with van der Waals surface area (Å²) in [5, 5.41) is 7.58. The molecule has 5 nitrogen and oxygen atoms in total. The van der Waals surface area contributed by atoms with Crippen LogP contribution in [0, 0.1) is 0 Å². The summed E-state index contributed by atoms with van der Waals surface area (Å²) in [5.74, 6) is 1.93. The van der Waals surface area contributed by atoms with E-state index in [1.807, 2.05) is 60.7 Å². The van der Waals surface area contributed by atoms with Gasteiger partial charge in [-0.3, -0.25) is 0 Å². The van der Waals surface area contributed by atoms with Crippen LogP contribution in [0.4, 0.5) is 0 Å². The summed E-state index contributed by atoms with van der Waals surface area (Å²) < 4.78 is 4.82. The van der Waals surface area contributed by atoms with Crippen molar-refractivity contribution in [2.24, 2.45) is 0 Å². The first kappa shape index (κ1) is 30.8. The summed E-state index contributed by atoms with van der Waals surface area (Å²) >= 11 is 0. The highest BCUT2D eigenvalue weighted by atomic mass is 15.0. The Morgan fingerprint density at radius 1 is 0.321 bits per heavy atom. The quantitative estimate of drug-likeness (QED) is 0.178.